The fourth-order valence-electron chi connectivity index (χ4n) is 3.33. The van der Waals surface area contributed by atoms with Crippen LogP contribution >= 0.6 is 11.6 Å². The Hall–Kier alpha value is -3.37. The van der Waals surface area contributed by atoms with Crippen molar-refractivity contribution in [2.75, 3.05) is 7.11 Å². The van der Waals surface area contributed by atoms with E-state index in [0.29, 0.717) is 28.3 Å². The van der Waals surface area contributed by atoms with Crippen LogP contribution in [0.3, 0.4) is 0 Å². The molecule has 0 N–H and O–H groups in total. The maximum absolute atomic E-state index is 13.2. The van der Waals surface area contributed by atoms with Gasteiger partial charge in [-0.25, -0.2) is 0 Å². The second-order valence-electron chi connectivity index (χ2n) is 6.70. The third-order valence-corrected chi connectivity index (χ3v) is 5.09. The lowest BCUT2D eigenvalue weighted by Crippen LogP contribution is -2.20. The van der Waals surface area contributed by atoms with Gasteiger partial charge in [0, 0.05) is 23.3 Å². The Balaban J connectivity index is 1.91. The number of pyridine rings is 1. The third-order valence-electron chi connectivity index (χ3n) is 4.83. The maximum Gasteiger partial charge on any atom is 0.200 e. The molecule has 0 bridgehead atoms. The molecule has 4 nitrogen and oxygen atoms in total. The second-order valence-corrected chi connectivity index (χ2v) is 7.14. The molecule has 0 radical (unpaired) electrons. The zero-order chi connectivity index (χ0) is 20.4. The molecule has 0 fully saturated rings. The summed E-state index contributed by atoms with van der Waals surface area (Å²) in [6.45, 7) is 0.495. The SMILES string of the molecule is COc1ccc2c(c1)c(=O)c(C(=O)c1ccccc1)cn2Cc1ccc(Cl)cc1. The van der Waals surface area contributed by atoms with Gasteiger partial charge in [0.25, 0.3) is 0 Å². The Morgan fingerprint density at radius 3 is 2.41 bits per heavy atom. The molecule has 0 aliphatic rings. The number of aromatic nitrogens is 1. The van der Waals surface area contributed by atoms with Crippen LogP contribution in [-0.2, 0) is 6.54 Å². The minimum Gasteiger partial charge on any atom is -0.497 e. The number of hydrogen-bond donors (Lipinski definition) is 0. The molecule has 1 heterocycles. The van der Waals surface area contributed by atoms with Crippen molar-refractivity contribution in [2.45, 2.75) is 6.54 Å². The molecule has 3 aromatic carbocycles. The molecule has 144 valence electrons. The average Bonchev–Trinajstić information content (AvgIpc) is 2.77. The molecule has 5 heteroatoms. The molecule has 4 aromatic rings. The number of benzene rings is 3. The standard InChI is InChI=1S/C24H18ClNO3/c1-29-19-11-12-22-20(13-19)24(28)21(23(27)17-5-3-2-4-6-17)15-26(22)14-16-7-9-18(25)10-8-16/h2-13,15H,14H2,1H3. The molecule has 0 atom stereocenters. The summed E-state index contributed by atoms with van der Waals surface area (Å²) in [6, 6.07) is 21.6. The van der Waals surface area contributed by atoms with Crippen molar-refractivity contribution in [1.29, 1.82) is 0 Å². The first kappa shape index (κ1) is 19.0. The minimum atomic E-state index is -0.305. The second kappa shape index (κ2) is 7.94. The largest absolute Gasteiger partial charge is 0.497 e. The van der Waals surface area contributed by atoms with Crippen LogP contribution in [0.1, 0.15) is 21.5 Å². The predicted molar refractivity (Wildman–Crippen MR) is 115 cm³/mol. The summed E-state index contributed by atoms with van der Waals surface area (Å²) >= 11 is 5.99. The molecule has 0 unspecified atom stereocenters. The zero-order valence-corrected chi connectivity index (χ0v) is 16.5. The van der Waals surface area contributed by atoms with Crippen molar-refractivity contribution in [1.82, 2.24) is 4.57 Å². The Labute approximate surface area is 172 Å². The minimum absolute atomic E-state index is 0.130. The summed E-state index contributed by atoms with van der Waals surface area (Å²) in [6.07, 6.45) is 1.64. The van der Waals surface area contributed by atoms with Gasteiger partial charge in [-0.15, -0.1) is 0 Å². The molecule has 0 amide bonds. The highest BCUT2D eigenvalue weighted by atomic mass is 35.5. The van der Waals surface area contributed by atoms with Crippen molar-refractivity contribution >= 4 is 28.3 Å². The summed E-state index contributed by atoms with van der Waals surface area (Å²) in [4.78, 5) is 26.2. The van der Waals surface area contributed by atoms with Crippen molar-refractivity contribution in [3.63, 3.8) is 0 Å². The first-order valence-corrected chi connectivity index (χ1v) is 9.50. The highest BCUT2D eigenvalue weighted by Gasteiger charge is 2.17. The lowest BCUT2D eigenvalue weighted by molar-refractivity contribution is 0.103. The van der Waals surface area contributed by atoms with Crippen LogP contribution in [-0.4, -0.2) is 17.5 Å². The van der Waals surface area contributed by atoms with E-state index in [9.17, 15) is 9.59 Å². The lowest BCUT2D eigenvalue weighted by atomic mass is 10.0. The van der Waals surface area contributed by atoms with Gasteiger partial charge in [0.05, 0.1) is 23.6 Å². The predicted octanol–water partition coefficient (Wildman–Crippen LogP) is 4.94. The topological polar surface area (TPSA) is 48.3 Å². The Bertz CT molecular complexity index is 1250. The van der Waals surface area contributed by atoms with Crippen LogP contribution in [0, 0.1) is 0 Å². The molecule has 0 saturated carbocycles. The Kier molecular flexibility index (Phi) is 5.19. The lowest BCUT2D eigenvalue weighted by Gasteiger charge is -2.14. The van der Waals surface area contributed by atoms with E-state index in [4.69, 9.17) is 16.3 Å². The van der Waals surface area contributed by atoms with Gasteiger partial charge in [-0.1, -0.05) is 54.1 Å². The van der Waals surface area contributed by atoms with Crippen LogP contribution in [0.25, 0.3) is 10.9 Å². The van der Waals surface area contributed by atoms with Gasteiger partial charge in [-0.2, -0.15) is 0 Å². The van der Waals surface area contributed by atoms with Gasteiger partial charge in [0.15, 0.2) is 5.78 Å². The first-order chi connectivity index (χ1) is 14.1. The van der Waals surface area contributed by atoms with E-state index in [2.05, 4.69) is 0 Å². The average molecular weight is 404 g/mol. The summed E-state index contributed by atoms with van der Waals surface area (Å²) in [5.74, 6) is 0.266. The number of methoxy groups -OCH3 is 1. The van der Waals surface area contributed by atoms with Crippen molar-refractivity contribution in [2.24, 2.45) is 0 Å². The molecule has 0 aliphatic heterocycles. The van der Waals surface area contributed by atoms with Gasteiger partial charge < -0.3 is 9.30 Å². The number of rotatable bonds is 5. The molecule has 1 aromatic heterocycles. The number of nitrogens with zero attached hydrogens (tertiary/aromatic N) is 1. The van der Waals surface area contributed by atoms with Crippen LogP contribution in [0.15, 0.2) is 83.8 Å². The highest BCUT2D eigenvalue weighted by molar-refractivity contribution is 6.30. The number of carbonyl (C=O) groups is 1. The first-order valence-electron chi connectivity index (χ1n) is 9.12. The van der Waals surface area contributed by atoms with Crippen LogP contribution in [0.5, 0.6) is 5.75 Å². The van der Waals surface area contributed by atoms with E-state index in [1.165, 1.54) is 0 Å². The zero-order valence-electron chi connectivity index (χ0n) is 15.8. The van der Waals surface area contributed by atoms with Crippen molar-refractivity contribution in [3.05, 3.63) is 111 Å². The summed E-state index contributed by atoms with van der Waals surface area (Å²) in [5, 5.41) is 1.10. The monoisotopic (exact) mass is 403 g/mol. The normalized spacial score (nSPS) is 10.8. The number of fused-ring (bicyclic) bond motifs is 1. The van der Waals surface area contributed by atoms with Crippen molar-refractivity contribution in [3.8, 4) is 5.75 Å². The highest BCUT2D eigenvalue weighted by Crippen LogP contribution is 2.21. The van der Waals surface area contributed by atoms with Crippen LogP contribution in [0.2, 0.25) is 5.02 Å². The van der Waals surface area contributed by atoms with Gasteiger partial charge >= 0.3 is 0 Å². The third kappa shape index (κ3) is 3.80. The van der Waals surface area contributed by atoms with E-state index in [0.717, 1.165) is 11.1 Å². The number of ketones is 1. The maximum atomic E-state index is 13.2. The number of hydrogen-bond acceptors (Lipinski definition) is 3. The van der Waals surface area contributed by atoms with Gasteiger partial charge in [0.1, 0.15) is 5.75 Å². The van der Waals surface area contributed by atoms with E-state index < -0.39 is 0 Å². The Morgan fingerprint density at radius 2 is 1.72 bits per heavy atom. The Morgan fingerprint density at radius 1 is 1.00 bits per heavy atom. The number of halogens is 1. The van der Waals surface area contributed by atoms with Crippen LogP contribution < -0.4 is 10.2 Å². The molecule has 0 aliphatic carbocycles. The van der Waals surface area contributed by atoms with Crippen molar-refractivity contribution < 1.29 is 9.53 Å². The molecule has 4 rings (SSSR count). The fraction of sp³-hybridized carbons (Fsp3) is 0.0833. The smallest absolute Gasteiger partial charge is 0.200 e. The van der Waals surface area contributed by atoms with E-state index in [1.807, 2.05) is 41.0 Å². The van der Waals surface area contributed by atoms with Crippen LogP contribution in [0.4, 0.5) is 0 Å². The quantitative estimate of drug-likeness (QED) is 0.443. The van der Waals surface area contributed by atoms with Gasteiger partial charge in [-0.3, -0.25) is 9.59 Å². The summed E-state index contributed by atoms with van der Waals surface area (Å²) in [7, 11) is 1.55. The number of ether oxygens (including phenoxy) is 1. The molecule has 29 heavy (non-hydrogen) atoms. The van der Waals surface area contributed by atoms with Gasteiger partial charge in [0.2, 0.25) is 5.43 Å². The van der Waals surface area contributed by atoms with E-state index >= 15 is 0 Å². The molecular formula is C24H18ClNO3. The molecule has 0 saturated heterocycles. The number of carbonyl (C=O) groups excluding carboxylic acids is 1. The van der Waals surface area contributed by atoms with E-state index in [-0.39, 0.29) is 16.8 Å². The summed E-state index contributed by atoms with van der Waals surface area (Å²) in [5.41, 5.74) is 2.04. The molecular weight excluding hydrogens is 386 g/mol. The molecule has 0 spiro atoms. The fourth-order valence-corrected chi connectivity index (χ4v) is 3.45. The van der Waals surface area contributed by atoms with Gasteiger partial charge in [-0.05, 0) is 35.9 Å². The summed E-state index contributed by atoms with van der Waals surface area (Å²) < 4.78 is 7.20. The van der Waals surface area contributed by atoms with E-state index in [1.54, 1.807) is 49.7 Å².